The molecule has 1 atom stereocenters. The highest BCUT2D eigenvalue weighted by molar-refractivity contribution is 7.89. The lowest BCUT2D eigenvalue weighted by molar-refractivity contribution is 0.0881. The largest absolute Gasteiger partial charge is 0.491 e. The minimum Gasteiger partial charge on any atom is -0.491 e. The van der Waals surface area contributed by atoms with E-state index >= 15 is 0 Å². The third kappa shape index (κ3) is 5.24. The van der Waals surface area contributed by atoms with Crippen molar-refractivity contribution >= 4 is 43.6 Å². The van der Waals surface area contributed by atoms with E-state index in [4.69, 9.17) is 20.8 Å². The van der Waals surface area contributed by atoms with Crippen LogP contribution in [0.4, 0.5) is 0 Å². The average Bonchev–Trinajstić information content (AvgIpc) is 3.26. The minimum absolute atomic E-state index is 0.0806. The summed E-state index contributed by atoms with van der Waals surface area (Å²) in [7, 11) is -3.89. The number of rotatable bonds is 9. The Kier molecular flexibility index (Phi) is 6.98. The Labute approximate surface area is 214 Å². The summed E-state index contributed by atoms with van der Waals surface area (Å²) >= 11 is 5.95. The molecule has 0 radical (unpaired) electrons. The molecule has 0 unspecified atom stereocenters. The van der Waals surface area contributed by atoms with Gasteiger partial charge in [-0.3, -0.25) is 0 Å². The summed E-state index contributed by atoms with van der Waals surface area (Å²) in [4.78, 5) is 0.105. The van der Waals surface area contributed by atoms with Gasteiger partial charge in [-0.05, 0) is 54.1 Å². The maximum absolute atomic E-state index is 13.4. The van der Waals surface area contributed by atoms with Crippen LogP contribution in [-0.4, -0.2) is 37.1 Å². The first-order valence-corrected chi connectivity index (χ1v) is 13.2. The highest BCUT2D eigenvalue weighted by atomic mass is 35.5. The molecule has 5 aromatic rings. The summed E-state index contributed by atoms with van der Waals surface area (Å²) in [5, 5.41) is 13.1. The van der Waals surface area contributed by atoms with E-state index in [1.54, 1.807) is 6.07 Å². The molecule has 1 aromatic heterocycles. The summed E-state index contributed by atoms with van der Waals surface area (Å²) < 4.78 is 39.8. The van der Waals surface area contributed by atoms with Crippen molar-refractivity contribution in [2.45, 2.75) is 17.5 Å². The molecule has 0 spiro atoms. The number of sulfonamides is 1. The average molecular weight is 522 g/mol. The maximum Gasteiger partial charge on any atom is 0.243 e. The van der Waals surface area contributed by atoms with Crippen LogP contribution in [0.25, 0.3) is 21.9 Å². The third-order valence-corrected chi connectivity index (χ3v) is 7.94. The van der Waals surface area contributed by atoms with E-state index in [9.17, 15) is 13.5 Å². The molecule has 1 N–H and O–H groups in total. The number of hydrogen-bond acceptors (Lipinski definition) is 5. The fraction of sp³-hybridized carbons (Fsp3) is 0.143. The lowest BCUT2D eigenvalue weighted by Crippen LogP contribution is -2.39. The van der Waals surface area contributed by atoms with Crippen LogP contribution in [0.15, 0.2) is 106 Å². The second kappa shape index (κ2) is 10.3. The zero-order valence-electron chi connectivity index (χ0n) is 19.2. The molecule has 0 aliphatic carbocycles. The van der Waals surface area contributed by atoms with Crippen molar-refractivity contribution in [3.05, 3.63) is 108 Å². The number of halogens is 1. The normalized spacial score (nSPS) is 12.9. The van der Waals surface area contributed by atoms with Crippen molar-refractivity contribution in [3.63, 3.8) is 0 Å². The Morgan fingerprint density at radius 3 is 2.33 bits per heavy atom. The molecule has 36 heavy (non-hydrogen) atoms. The van der Waals surface area contributed by atoms with Crippen LogP contribution in [-0.2, 0) is 16.6 Å². The topological polar surface area (TPSA) is 80.0 Å². The number of ether oxygens (including phenoxy) is 1. The van der Waals surface area contributed by atoms with Crippen LogP contribution in [0.1, 0.15) is 5.56 Å². The molecule has 0 bridgehead atoms. The molecule has 0 saturated carbocycles. The molecule has 0 aliphatic heterocycles. The lowest BCUT2D eigenvalue weighted by Gasteiger charge is -2.25. The van der Waals surface area contributed by atoms with Gasteiger partial charge in [0.15, 0.2) is 0 Å². The highest BCUT2D eigenvalue weighted by Crippen LogP contribution is 2.31. The van der Waals surface area contributed by atoms with Crippen LogP contribution < -0.4 is 4.74 Å². The zero-order chi connectivity index (χ0) is 25.1. The Balaban J connectivity index is 1.34. The molecule has 0 fully saturated rings. The smallest absolute Gasteiger partial charge is 0.243 e. The number of nitrogens with zero attached hydrogens (tertiary/aromatic N) is 1. The Bertz CT molecular complexity index is 1580. The van der Waals surface area contributed by atoms with Crippen molar-refractivity contribution in [3.8, 4) is 5.75 Å². The highest BCUT2D eigenvalue weighted by Gasteiger charge is 2.27. The van der Waals surface area contributed by atoms with E-state index in [0.29, 0.717) is 10.8 Å². The Morgan fingerprint density at radius 1 is 0.861 bits per heavy atom. The van der Waals surface area contributed by atoms with Crippen LogP contribution in [0.2, 0.25) is 5.02 Å². The molecular formula is C28H24ClNO5S. The van der Waals surface area contributed by atoms with E-state index < -0.39 is 16.1 Å². The second-order valence-corrected chi connectivity index (χ2v) is 10.8. The first kappa shape index (κ1) is 24.3. The standard InChI is InChI=1S/C28H24ClNO5S/c29-21-10-13-24(14-11-21)36(32,33)30(17-20-6-2-1-3-7-20)18-22(31)19-34-23-12-15-28-26(16-23)25-8-4-5-9-27(25)35-28/h1-16,22,31H,17-19H2/t22-/m0/s1. The predicted octanol–water partition coefficient (Wildman–Crippen LogP) is 5.87. The molecule has 0 aliphatic rings. The summed E-state index contributed by atoms with van der Waals surface area (Å²) in [6.45, 7) is -0.116. The van der Waals surface area contributed by atoms with Gasteiger partial charge < -0.3 is 14.3 Å². The molecule has 1 heterocycles. The van der Waals surface area contributed by atoms with Gasteiger partial charge in [0.25, 0.3) is 0 Å². The van der Waals surface area contributed by atoms with Gasteiger partial charge >= 0.3 is 0 Å². The fourth-order valence-electron chi connectivity index (χ4n) is 4.07. The first-order valence-electron chi connectivity index (χ1n) is 11.4. The molecule has 4 aromatic carbocycles. The van der Waals surface area contributed by atoms with E-state index in [0.717, 1.165) is 27.5 Å². The SMILES string of the molecule is O=S(=O)(c1ccc(Cl)cc1)N(Cc1ccccc1)C[C@H](O)COc1ccc2oc3ccccc3c2c1. The fourth-order valence-corrected chi connectivity index (χ4v) is 5.66. The third-order valence-electron chi connectivity index (χ3n) is 5.86. The van der Waals surface area contributed by atoms with Crippen molar-refractivity contribution in [1.82, 2.24) is 4.31 Å². The summed E-state index contributed by atoms with van der Waals surface area (Å²) in [5.41, 5.74) is 2.33. The number of aliphatic hydroxyl groups excluding tert-OH is 1. The summed E-state index contributed by atoms with van der Waals surface area (Å²) in [6, 6.07) is 28.4. The lowest BCUT2D eigenvalue weighted by atomic mass is 10.1. The van der Waals surface area contributed by atoms with Gasteiger partial charge in [-0.2, -0.15) is 4.31 Å². The van der Waals surface area contributed by atoms with E-state index in [1.807, 2.05) is 66.7 Å². The van der Waals surface area contributed by atoms with Gasteiger partial charge in [0.05, 0.1) is 4.90 Å². The summed E-state index contributed by atoms with van der Waals surface area (Å²) in [5.74, 6) is 0.559. The van der Waals surface area contributed by atoms with Gasteiger partial charge in [-0.1, -0.05) is 60.1 Å². The Hall–Kier alpha value is -3.36. The van der Waals surface area contributed by atoms with Crippen molar-refractivity contribution in [2.24, 2.45) is 0 Å². The number of fused-ring (bicyclic) bond motifs is 3. The van der Waals surface area contributed by atoms with Gasteiger partial charge in [-0.25, -0.2) is 8.42 Å². The number of hydrogen-bond donors (Lipinski definition) is 1. The molecular weight excluding hydrogens is 498 g/mol. The van der Waals surface area contributed by atoms with E-state index in [1.165, 1.54) is 28.6 Å². The van der Waals surface area contributed by atoms with Gasteiger partial charge in [0, 0.05) is 28.9 Å². The molecule has 0 saturated heterocycles. The van der Waals surface area contributed by atoms with E-state index in [2.05, 4.69) is 0 Å². The minimum atomic E-state index is -3.89. The molecule has 8 heteroatoms. The van der Waals surface area contributed by atoms with E-state index in [-0.39, 0.29) is 24.6 Å². The number of aliphatic hydroxyl groups is 1. The van der Waals surface area contributed by atoms with Crippen molar-refractivity contribution in [1.29, 1.82) is 0 Å². The quantitative estimate of drug-likeness (QED) is 0.262. The van der Waals surface area contributed by atoms with Gasteiger partial charge in [-0.15, -0.1) is 0 Å². The van der Waals surface area contributed by atoms with Crippen molar-refractivity contribution < 1.29 is 22.7 Å². The first-order chi connectivity index (χ1) is 17.4. The van der Waals surface area contributed by atoms with Crippen LogP contribution in [0, 0.1) is 0 Å². The number of benzene rings is 4. The monoisotopic (exact) mass is 521 g/mol. The van der Waals surface area contributed by atoms with Crippen molar-refractivity contribution in [2.75, 3.05) is 13.2 Å². The summed E-state index contributed by atoms with van der Waals surface area (Å²) in [6.07, 6.45) is -1.06. The molecule has 0 amide bonds. The molecule has 6 nitrogen and oxygen atoms in total. The second-order valence-electron chi connectivity index (χ2n) is 8.46. The van der Waals surface area contributed by atoms with Crippen LogP contribution >= 0.6 is 11.6 Å². The zero-order valence-corrected chi connectivity index (χ0v) is 20.8. The molecule has 184 valence electrons. The van der Waals surface area contributed by atoms with Gasteiger partial charge in [0.1, 0.15) is 29.6 Å². The molecule has 5 rings (SSSR count). The number of para-hydroxylation sites is 1. The van der Waals surface area contributed by atoms with Crippen LogP contribution in [0.5, 0.6) is 5.75 Å². The Morgan fingerprint density at radius 2 is 1.56 bits per heavy atom. The predicted molar refractivity (Wildman–Crippen MR) is 141 cm³/mol. The maximum atomic E-state index is 13.4. The van der Waals surface area contributed by atoms with Gasteiger partial charge in [0.2, 0.25) is 10.0 Å². The number of furan rings is 1. The van der Waals surface area contributed by atoms with Crippen LogP contribution in [0.3, 0.4) is 0 Å².